The van der Waals surface area contributed by atoms with Crippen molar-refractivity contribution in [2.24, 2.45) is 5.73 Å². The third kappa shape index (κ3) is 3.69. The molecule has 1 aromatic rings. The molecule has 2 atom stereocenters. The summed E-state index contributed by atoms with van der Waals surface area (Å²) < 4.78 is 11.1. The van der Waals surface area contributed by atoms with E-state index in [0.29, 0.717) is 19.2 Å². The number of hydrogen-bond donors (Lipinski definition) is 1. The number of nitrogens with zero attached hydrogens (tertiary/aromatic N) is 1. The molecule has 2 unspecified atom stereocenters. The number of benzene rings is 1. The summed E-state index contributed by atoms with van der Waals surface area (Å²) in [5.74, 6) is 1.59. The number of methoxy groups -OCH3 is 1. The Bertz CT molecular complexity index is 450. The second-order valence-electron chi connectivity index (χ2n) is 5.68. The van der Waals surface area contributed by atoms with Crippen LogP contribution in [-0.2, 0) is 0 Å². The van der Waals surface area contributed by atoms with Crippen molar-refractivity contribution >= 4 is 0 Å². The Labute approximate surface area is 128 Å². The lowest BCUT2D eigenvalue weighted by Crippen LogP contribution is -2.43. The third-order valence-electron chi connectivity index (χ3n) is 4.35. The molecular weight excluding hydrogens is 264 g/mol. The summed E-state index contributed by atoms with van der Waals surface area (Å²) in [5, 5.41) is 0. The van der Waals surface area contributed by atoms with Gasteiger partial charge in [-0.05, 0) is 50.9 Å². The zero-order valence-electron chi connectivity index (χ0n) is 13.5. The van der Waals surface area contributed by atoms with Gasteiger partial charge in [-0.1, -0.05) is 12.5 Å². The van der Waals surface area contributed by atoms with Crippen LogP contribution >= 0.6 is 0 Å². The van der Waals surface area contributed by atoms with Gasteiger partial charge in [-0.25, -0.2) is 0 Å². The number of piperidine rings is 1. The van der Waals surface area contributed by atoms with Crippen LogP contribution in [-0.4, -0.2) is 37.7 Å². The van der Waals surface area contributed by atoms with E-state index < -0.39 is 0 Å². The highest BCUT2D eigenvalue weighted by Crippen LogP contribution is 2.34. The molecule has 0 spiro atoms. The highest BCUT2D eigenvalue weighted by molar-refractivity contribution is 5.44. The molecule has 0 aliphatic carbocycles. The lowest BCUT2D eigenvalue weighted by atomic mass is 9.97. The average molecular weight is 292 g/mol. The molecule has 1 saturated heterocycles. The van der Waals surface area contributed by atoms with Crippen molar-refractivity contribution in [3.05, 3.63) is 23.8 Å². The van der Waals surface area contributed by atoms with E-state index in [1.165, 1.54) is 24.8 Å². The summed E-state index contributed by atoms with van der Waals surface area (Å²) in [5.41, 5.74) is 7.29. The maximum Gasteiger partial charge on any atom is 0.161 e. The normalized spacial score (nSPS) is 21.0. The van der Waals surface area contributed by atoms with Crippen molar-refractivity contribution in [1.82, 2.24) is 4.90 Å². The van der Waals surface area contributed by atoms with Gasteiger partial charge in [-0.3, -0.25) is 4.90 Å². The molecule has 118 valence electrons. The van der Waals surface area contributed by atoms with Crippen LogP contribution in [0.3, 0.4) is 0 Å². The number of likely N-dealkylation sites (tertiary alicyclic amines) is 1. The molecule has 0 amide bonds. The van der Waals surface area contributed by atoms with E-state index in [4.69, 9.17) is 15.2 Å². The number of hydrogen-bond acceptors (Lipinski definition) is 4. The first-order valence-electron chi connectivity index (χ1n) is 7.97. The second kappa shape index (κ2) is 7.66. The van der Waals surface area contributed by atoms with E-state index in [2.05, 4.69) is 24.0 Å². The first-order valence-corrected chi connectivity index (χ1v) is 7.97. The molecule has 4 nitrogen and oxygen atoms in total. The molecule has 0 radical (unpaired) electrons. The van der Waals surface area contributed by atoms with E-state index in [1.54, 1.807) is 7.11 Å². The van der Waals surface area contributed by atoms with Crippen LogP contribution in [0, 0.1) is 0 Å². The lowest BCUT2D eigenvalue weighted by Gasteiger charge is -2.39. The minimum Gasteiger partial charge on any atom is -0.493 e. The lowest BCUT2D eigenvalue weighted by molar-refractivity contribution is 0.108. The average Bonchev–Trinajstić information content (AvgIpc) is 2.51. The van der Waals surface area contributed by atoms with Crippen LogP contribution < -0.4 is 15.2 Å². The standard InChI is InChI=1S/C17H28N2O2/c1-4-21-16-9-8-14(11-17(16)20-3)15(12-18)19-10-6-5-7-13(19)2/h8-9,11,13,15H,4-7,10,12,18H2,1-3H3. The third-order valence-corrected chi connectivity index (χ3v) is 4.35. The monoisotopic (exact) mass is 292 g/mol. The maximum atomic E-state index is 6.07. The van der Waals surface area contributed by atoms with Crippen molar-refractivity contribution in [3.8, 4) is 11.5 Å². The van der Waals surface area contributed by atoms with Gasteiger partial charge in [0.15, 0.2) is 11.5 Å². The fourth-order valence-corrected chi connectivity index (χ4v) is 3.21. The van der Waals surface area contributed by atoms with Crippen molar-refractivity contribution < 1.29 is 9.47 Å². The summed E-state index contributed by atoms with van der Waals surface area (Å²) in [6, 6.07) is 7.03. The van der Waals surface area contributed by atoms with E-state index >= 15 is 0 Å². The molecule has 1 aliphatic heterocycles. The van der Waals surface area contributed by atoms with Crippen LogP contribution in [0.5, 0.6) is 11.5 Å². The van der Waals surface area contributed by atoms with Crippen LogP contribution in [0.15, 0.2) is 18.2 Å². The highest BCUT2D eigenvalue weighted by Gasteiger charge is 2.26. The summed E-state index contributed by atoms with van der Waals surface area (Å²) >= 11 is 0. The van der Waals surface area contributed by atoms with Gasteiger partial charge >= 0.3 is 0 Å². The molecular formula is C17H28N2O2. The van der Waals surface area contributed by atoms with E-state index in [-0.39, 0.29) is 6.04 Å². The van der Waals surface area contributed by atoms with Gasteiger partial charge in [-0.15, -0.1) is 0 Å². The highest BCUT2D eigenvalue weighted by atomic mass is 16.5. The summed E-state index contributed by atoms with van der Waals surface area (Å²) in [7, 11) is 1.68. The number of nitrogens with two attached hydrogens (primary N) is 1. The zero-order chi connectivity index (χ0) is 15.2. The van der Waals surface area contributed by atoms with Crippen molar-refractivity contribution in [3.63, 3.8) is 0 Å². The maximum absolute atomic E-state index is 6.07. The van der Waals surface area contributed by atoms with E-state index in [9.17, 15) is 0 Å². The van der Waals surface area contributed by atoms with Crippen molar-refractivity contribution in [1.29, 1.82) is 0 Å². The van der Waals surface area contributed by atoms with E-state index in [1.807, 2.05) is 13.0 Å². The zero-order valence-corrected chi connectivity index (χ0v) is 13.5. The van der Waals surface area contributed by atoms with Crippen LogP contribution in [0.2, 0.25) is 0 Å². The Morgan fingerprint density at radius 1 is 1.33 bits per heavy atom. The summed E-state index contributed by atoms with van der Waals surface area (Å²) in [6.45, 7) is 6.66. The van der Waals surface area contributed by atoms with Gasteiger partial charge in [-0.2, -0.15) is 0 Å². The number of ether oxygens (including phenoxy) is 2. The first-order chi connectivity index (χ1) is 10.2. The first kappa shape index (κ1) is 16.1. The van der Waals surface area contributed by atoms with Gasteiger partial charge in [0.2, 0.25) is 0 Å². The Morgan fingerprint density at radius 3 is 2.76 bits per heavy atom. The molecule has 0 aromatic heterocycles. The molecule has 0 saturated carbocycles. The Hall–Kier alpha value is -1.26. The smallest absolute Gasteiger partial charge is 0.161 e. The second-order valence-corrected chi connectivity index (χ2v) is 5.68. The predicted octanol–water partition coefficient (Wildman–Crippen LogP) is 2.97. The molecule has 0 bridgehead atoms. The predicted molar refractivity (Wildman–Crippen MR) is 86.0 cm³/mol. The topological polar surface area (TPSA) is 47.7 Å². The summed E-state index contributed by atoms with van der Waals surface area (Å²) in [6.07, 6.45) is 3.83. The Balaban J connectivity index is 2.25. The molecule has 2 rings (SSSR count). The van der Waals surface area contributed by atoms with Gasteiger partial charge in [0.1, 0.15) is 0 Å². The molecule has 1 aliphatic rings. The molecule has 1 fully saturated rings. The molecule has 1 aromatic carbocycles. The van der Waals surface area contributed by atoms with Crippen molar-refractivity contribution in [2.75, 3.05) is 26.8 Å². The SMILES string of the molecule is CCOc1ccc(C(CN)N2CCCCC2C)cc1OC. The van der Waals surface area contributed by atoms with Crippen LogP contribution in [0.4, 0.5) is 0 Å². The molecule has 1 heterocycles. The van der Waals surface area contributed by atoms with Crippen LogP contribution in [0.1, 0.15) is 44.7 Å². The van der Waals surface area contributed by atoms with E-state index in [0.717, 1.165) is 18.0 Å². The van der Waals surface area contributed by atoms with Gasteiger partial charge in [0.25, 0.3) is 0 Å². The molecule has 21 heavy (non-hydrogen) atoms. The largest absolute Gasteiger partial charge is 0.493 e. The Kier molecular flexibility index (Phi) is 5.88. The Morgan fingerprint density at radius 2 is 2.14 bits per heavy atom. The van der Waals surface area contributed by atoms with Gasteiger partial charge in [0, 0.05) is 18.6 Å². The minimum absolute atomic E-state index is 0.255. The number of rotatable bonds is 6. The van der Waals surface area contributed by atoms with Gasteiger partial charge in [0.05, 0.1) is 13.7 Å². The molecule has 2 N–H and O–H groups in total. The van der Waals surface area contributed by atoms with Crippen LogP contribution in [0.25, 0.3) is 0 Å². The fraction of sp³-hybridized carbons (Fsp3) is 0.647. The minimum atomic E-state index is 0.255. The molecule has 4 heteroatoms. The van der Waals surface area contributed by atoms with Gasteiger partial charge < -0.3 is 15.2 Å². The van der Waals surface area contributed by atoms with Crippen molar-refractivity contribution in [2.45, 2.75) is 45.2 Å². The summed E-state index contributed by atoms with van der Waals surface area (Å²) in [4.78, 5) is 2.53. The fourth-order valence-electron chi connectivity index (χ4n) is 3.21. The quantitative estimate of drug-likeness (QED) is 0.875.